The third-order valence-electron chi connectivity index (χ3n) is 2.46. The van der Waals surface area contributed by atoms with Crippen LogP contribution >= 0.6 is 11.6 Å². The van der Waals surface area contributed by atoms with Gasteiger partial charge in [-0.05, 0) is 25.2 Å². The number of halogens is 4. The van der Waals surface area contributed by atoms with E-state index in [4.69, 9.17) is 16.7 Å². The van der Waals surface area contributed by atoms with Crippen LogP contribution in [0.25, 0.3) is 0 Å². The molecular weight excluding hydrogens is 297 g/mol. The SMILES string of the molecule is CN(CCO)CC(=O)Nc1ccc(Cl)cc1C(F)(F)F. The second kappa shape index (κ2) is 6.92. The van der Waals surface area contributed by atoms with Gasteiger partial charge in [-0.25, -0.2) is 0 Å². The van der Waals surface area contributed by atoms with Gasteiger partial charge in [0.2, 0.25) is 5.91 Å². The fraction of sp³-hybridized carbons (Fsp3) is 0.417. The molecule has 0 aliphatic rings. The van der Waals surface area contributed by atoms with Crippen LogP contribution in [0.2, 0.25) is 5.02 Å². The quantitative estimate of drug-likeness (QED) is 0.877. The number of hydrogen-bond acceptors (Lipinski definition) is 3. The van der Waals surface area contributed by atoms with Crippen LogP contribution < -0.4 is 5.32 Å². The van der Waals surface area contributed by atoms with Crippen molar-refractivity contribution in [1.82, 2.24) is 4.90 Å². The lowest BCUT2D eigenvalue weighted by atomic mass is 10.1. The van der Waals surface area contributed by atoms with Gasteiger partial charge in [-0.15, -0.1) is 0 Å². The van der Waals surface area contributed by atoms with Crippen LogP contribution in [-0.4, -0.2) is 42.7 Å². The largest absolute Gasteiger partial charge is 0.418 e. The summed E-state index contributed by atoms with van der Waals surface area (Å²) < 4.78 is 38.4. The maximum absolute atomic E-state index is 12.8. The monoisotopic (exact) mass is 310 g/mol. The Balaban J connectivity index is 2.85. The highest BCUT2D eigenvalue weighted by Crippen LogP contribution is 2.36. The zero-order chi connectivity index (χ0) is 15.3. The lowest BCUT2D eigenvalue weighted by molar-refractivity contribution is -0.137. The van der Waals surface area contributed by atoms with Gasteiger partial charge in [-0.3, -0.25) is 9.69 Å². The molecule has 0 aliphatic carbocycles. The molecule has 1 rings (SSSR count). The lowest BCUT2D eigenvalue weighted by Gasteiger charge is -2.17. The summed E-state index contributed by atoms with van der Waals surface area (Å²) in [5.41, 5.74) is -1.34. The van der Waals surface area contributed by atoms with Gasteiger partial charge in [-0.1, -0.05) is 11.6 Å². The maximum atomic E-state index is 12.8. The number of hydrogen-bond donors (Lipinski definition) is 2. The molecule has 4 nitrogen and oxygen atoms in total. The molecule has 0 aliphatic heterocycles. The summed E-state index contributed by atoms with van der Waals surface area (Å²) in [5.74, 6) is -0.603. The fourth-order valence-electron chi connectivity index (χ4n) is 1.54. The average molecular weight is 311 g/mol. The van der Waals surface area contributed by atoms with Crippen molar-refractivity contribution >= 4 is 23.2 Å². The van der Waals surface area contributed by atoms with Crippen molar-refractivity contribution in [2.45, 2.75) is 6.18 Å². The molecule has 0 bridgehead atoms. The first-order chi connectivity index (χ1) is 9.24. The fourth-order valence-corrected chi connectivity index (χ4v) is 1.72. The number of alkyl halides is 3. The molecule has 1 aromatic carbocycles. The Labute approximate surface area is 119 Å². The summed E-state index contributed by atoms with van der Waals surface area (Å²) in [6, 6.07) is 3.13. The minimum Gasteiger partial charge on any atom is -0.395 e. The Hall–Kier alpha value is -1.31. The summed E-state index contributed by atoms with van der Waals surface area (Å²) in [4.78, 5) is 13.1. The van der Waals surface area contributed by atoms with Crippen LogP contribution in [-0.2, 0) is 11.0 Å². The van der Waals surface area contributed by atoms with E-state index in [0.717, 1.165) is 12.1 Å². The van der Waals surface area contributed by atoms with E-state index < -0.39 is 17.6 Å². The van der Waals surface area contributed by atoms with Crippen molar-refractivity contribution in [2.75, 3.05) is 32.1 Å². The Morgan fingerprint density at radius 3 is 2.65 bits per heavy atom. The summed E-state index contributed by atoms with van der Waals surface area (Å²) in [7, 11) is 1.57. The molecule has 20 heavy (non-hydrogen) atoms. The van der Waals surface area contributed by atoms with Gasteiger partial charge < -0.3 is 10.4 Å². The first kappa shape index (κ1) is 16.7. The number of anilines is 1. The molecule has 0 saturated heterocycles. The molecule has 0 spiro atoms. The third-order valence-corrected chi connectivity index (χ3v) is 2.69. The Morgan fingerprint density at radius 1 is 1.45 bits per heavy atom. The van der Waals surface area contributed by atoms with Crippen molar-refractivity contribution < 1.29 is 23.1 Å². The lowest BCUT2D eigenvalue weighted by Crippen LogP contribution is -2.32. The molecular formula is C12H14ClF3N2O2. The number of carbonyl (C=O) groups excluding carboxylic acids is 1. The first-order valence-corrected chi connectivity index (χ1v) is 6.08. The average Bonchev–Trinajstić information content (AvgIpc) is 2.30. The van der Waals surface area contributed by atoms with Crippen LogP contribution in [0.4, 0.5) is 18.9 Å². The molecule has 0 aromatic heterocycles. The summed E-state index contributed by atoms with van der Waals surface area (Å²) in [6.45, 7) is -0.0147. The molecule has 0 fully saturated rings. The summed E-state index contributed by atoms with van der Waals surface area (Å²) in [5, 5.41) is 10.8. The number of amides is 1. The van der Waals surface area contributed by atoms with Crippen LogP contribution in [0.5, 0.6) is 0 Å². The van der Waals surface area contributed by atoms with Crippen molar-refractivity contribution in [3.63, 3.8) is 0 Å². The van der Waals surface area contributed by atoms with Crippen molar-refractivity contribution in [3.05, 3.63) is 28.8 Å². The molecule has 0 heterocycles. The minimum atomic E-state index is -4.61. The highest BCUT2D eigenvalue weighted by atomic mass is 35.5. The van der Waals surface area contributed by atoms with Gasteiger partial charge in [0.25, 0.3) is 0 Å². The van der Waals surface area contributed by atoms with Crippen molar-refractivity contribution in [2.24, 2.45) is 0 Å². The number of likely N-dealkylation sites (N-methyl/N-ethyl adjacent to an activating group) is 1. The maximum Gasteiger partial charge on any atom is 0.418 e. The molecule has 8 heteroatoms. The van der Waals surface area contributed by atoms with Gasteiger partial charge in [0.15, 0.2) is 0 Å². The van der Waals surface area contributed by atoms with E-state index in [-0.39, 0.29) is 30.4 Å². The highest BCUT2D eigenvalue weighted by molar-refractivity contribution is 6.30. The number of aliphatic hydroxyl groups is 1. The summed E-state index contributed by atoms with van der Waals surface area (Å²) in [6.07, 6.45) is -4.61. The standard InChI is InChI=1S/C12H14ClF3N2O2/c1-18(4-5-19)7-11(20)17-10-3-2-8(13)6-9(10)12(14,15)16/h2-3,6,19H,4-5,7H2,1H3,(H,17,20). The van der Waals surface area contributed by atoms with Gasteiger partial charge in [0, 0.05) is 11.6 Å². The number of benzene rings is 1. The third kappa shape index (κ3) is 4.99. The Morgan fingerprint density at radius 2 is 2.10 bits per heavy atom. The molecule has 112 valence electrons. The number of aliphatic hydroxyl groups excluding tert-OH is 1. The van der Waals surface area contributed by atoms with Crippen LogP contribution in [0, 0.1) is 0 Å². The zero-order valence-corrected chi connectivity index (χ0v) is 11.4. The number of carbonyl (C=O) groups is 1. The smallest absolute Gasteiger partial charge is 0.395 e. The number of rotatable bonds is 5. The Kier molecular flexibility index (Phi) is 5.79. The van der Waals surface area contributed by atoms with Gasteiger partial charge >= 0.3 is 6.18 Å². The molecule has 2 N–H and O–H groups in total. The van der Waals surface area contributed by atoms with E-state index in [2.05, 4.69) is 5.32 Å². The van der Waals surface area contributed by atoms with Crippen LogP contribution in [0.3, 0.4) is 0 Å². The predicted molar refractivity (Wildman–Crippen MR) is 69.7 cm³/mol. The number of nitrogens with one attached hydrogen (secondary N) is 1. The summed E-state index contributed by atoms with van der Waals surface area (Å²) >= 11 is 5.54. The topological polar surface area (TPSA) is 52.6 Å². The molecule has 0 atom stereocenters. The van der Waals surface area contributed by atoms with Crippen LogP contribution in [0.15, 0.2) is 18.2 Å². The molecule has 1 amide bonds. The van der Waals surface area contributed by atoms with Gasteiger partial charge in [-0.2, -0.15) is 13.2 Å². The van der Waals surface area contributed by atoms with Crippen molar-refractivity contribution in [1.29, 1.82) is 0 Å². The number of nitrogens with zero attached hydrogens (tertiary/aromatic N) is 1. The van der Waals surface area contributed by atoms with Gasteiger partial charge in [0.1, 0.15) is 0 Å². The second-order valence-corrected chi connectivity index (χ2v) is 4.63. The highest BCUT2D eigenvalue weighted by Gasteiger charge is 2.34. The van der Waals surface area contributed by atoms with E-state index in [9.17, 15) is 18.0 Å². The second-order valence-electron chi connectivity index (χ2n) is 4.20. The van der Waals surface area contributed by atoms with E-state index >= 15 is 0 Å². The Bertz CT molecular complexity index is 480. The van der Waals surface area contributed by atoms with Gasteiger partial charge in [0.05, 0.1) is 24.4 Å². The van der Waals surface area contributed by atoms with Crippen molar-refractivity contribution in [3.8, 4) is 0 Å². The predicted octanol–water partition coefficient (Wildman–Crippen LogP) is 2.22. The molecule has 0 radical (unpaired) electrons. The molecule has 0 unspecified atom stereocenters. The zero-order valence-electron chi connectivity index (χ0n) is 10.7. The normalized spacial score (nSPS) is 11.8. The minimum absolute atomic E-state index is 0.0623. The van der Waals surface area contributed by atoms with Crippen LogP contribution in [0.1, 0.15) is 5.56 Å². The van der Waals surface area contributed by atoms with E-state index in [1.165, 1.54) is 11.0 Å². The van der Waals surface area contributed by atoms with E-state index in [0.29, 0.717) is 0 Å². The molecule has 1 aromatic rings. The van der Waals surface area contributed by atoms with E-state index in [1.54, 1.807) is 7.05 Å². The molecule has 0 saturated carbocycles. The first-order valence-electron chi connectivity index (χ1n) is 5.70. The van der Waals surface area contributed by atoms with E-state index in [1.807, 2.05) is 0 Å².